The number of halogens is 1. The summed E-state index contributed by atoms with van der Waals surface area (Å²) in [6.07, 6.45) is 3.11. The molecule has 6 heteroatoms. The van der Waals surface area contributed by atoms with E-state index in [0.717, 1.165) is 63.2 Å². The quantitative estimate of drug-likeness (QED) is 0.633. The molecule has 28 heavy (non-hydrogen) atoms. The lowest BCUT2D eigenvalue weighted by molar-refractivity contribution is 0.252. The molecule has 2 heterocycles. The van der Waals surface area contributed by atoms with E-state index in [0.29, 0.717) is 5.25 Å². The van der Waals surface area contributed by atoms with Crippen LogP contribution in [0, 0.1) is 10.7 Å². The number of piperazine rings is 1. The number of hydrogen-bond donors (Lipinski definition) is 0. The second kappa shape index (κ2) is 9.05. The number of anilines is 1. The summed E-state index contributed by atoms with van der Waals surface area (Å²) in [4.78, 5) is 17.3. The molecule has 1 saturated heterocycles. The first-order valence-corrected chi connectivity index (χ1v) is 10.9. The van der Waals surface area contributed by atoms with Crippen LogP contribution in [0.2, 0.25) is 0 Å². The minimum Gasteiger partial charge on any atom is -0.369 e. The number of thioether (sulfide) groups is 1. The zero-order valence-corrected chi connectivity index (χ0v) is 16.8. The van der Waals surface area contributed by atoms with Crippen molar-refractivity contribution in [2.45, 2.75) is 35.4 Å². The number of nitroso groups, excluding NO2 is 1. The van der Waals surface area contributed by atoms with E-state index in [-0.39, 0.29) is 11.9 Å². The van der Waals surface area contributed by atoms with Crippen LogP contribution >= 0.6 is 11.8 Å². The molecule has 2 aliphatic heterocycles. The number of benzene rings is 2. The Kier molecular flexibility index (Phi) is 6.27. The molecule has 4 nitrogen and oxygen atoms in total. The minimum absolute atomic E-state index is 0.183. The summed E-state index contributed by atoms with van der Waals surface area (Å²) in [5.74, 6) is -0.183. The lowest BCUT2D eigenvalue weighted by Gasteiger charge is -2.36. The summed E-state index contributed by atoms with van der Waals surface area (Å²) in [6, 6.07) is 14.8. The zero-order valence-electron chi connectivity index (χ0n) is 16.0. The summed E-state index contributed by atoms with van der Waals surface area (Å²) in [7, 11) is 0. The molecule has 2 aromatic rings. The van der Waals surface area contributed by atoms with Crippen molar-refractivity contribution < 1.29 is 4.39 Å². The van der Waals surface area contributed by atoms with Crippen LogP contribution in [0.3, 0.4) is 0 Å². The molecule has 0 saturated carbocycles. The van der Waals surface area contributed by atoms with E-state index in [1.54, 1.807) is 0 Å². The van der Waals surface area contributed by atoms with Crippen LogP contribution in [0.15, 0.2) is 58.6 Å². The second-order valence-electron chi connectivity index (χ2n) is 7.58. The Labute approximate surface area is 170 Å². The number of fused-ring (bicyclic) bond motifs is 1. The maximum Gasteiger partial charge on any atom is 0.123 e. The third kappa shape index (κ3) is 4.55. The van der Waals surface area contributed by atoms with Gasteiger partial charge in [0.05, 0.1) is 0 Å². The predicted molar refractivity (Wildman–Crippen MR) is 114 cm³/mol. The van der Waals surface area contributed by atoms with E-state index >= 15 is 0 Å². The third-order valence-corrected chi connectivity index (χ3v) is 7.14. The van der Waals surface area contributed by atoms with Gasteiger partial charge >= 0.3 is 0 Å². The fourth-order valence-corrected chi connectivity index (χ4v) is 5.59. The van der Waals surface area contributed by atoms with Gasteiger partial charge in [0.15, 0.2) is 0 Å². The molecule has 0 amide bonds. The van der Waals surface area contributed by atoms with Crippen molar-refractivity contribution in [3.05, 3.63) is 64.8 Å². The topological polar surface area (TPSA) is 35.9 Å². The minimum atomic E-state index is -0.193. The molecule has 2 aromatic carbocycles. The Morgan fingerprint density at radius 3 is 2.54 bits per heavy atom. The molecule has 0 aliphatic carbocycles. The largest absolute Gasteiger partial charge is 0.369 e. The molecule has 0 radical (unpaired) electrons. The zero-order chi connectivity index (χ0) is 19.3. The van der Waals surface area contributed by atoms with E-state index in [1.807, 2.05) is 42.1 Å². The van der Waals surface area contributed by atoms with E-state index in [9.17, 15) is 9.30 Å². The van der Waals surface area contributed by atoms with Crippen molar-refractivity contribution in [1.82, 2.24) is 4.90 Å². The van der Waals surface area contributed by atoms with E-state index < -0.39 is 0 Å². The smallest absolute Gasteiger partial charge is 0.123 e. The van der Waals surface area contributed by atoms with Gasteiger partial charge in [0.1, 0.15) is 11.9 Å². The maximum absolute atomic E-state index is 13.1. The summed E-state index contributed by atoms with van der Waals surface area (Å²) in [5, 5.41) is 3.85. The molecular weight excluding hydrogens is 373 g/mol. The summed E-state index contributed by atoms with van der Waals surface area (Å²) in [5.41, 5.74) is 2.20. The van der Waals surface area contributed by atoms with Gasteiger partial charge in [-0.3, -0.25) is 4.90 Å². The number of rotatable bonds is 6. The van der Waals surface area contributed by atoms with Crippen LogP contribution in [-0.2, 0) is 0 Å². The highest BCUT2D eigenvalue weighted by Crippen LogP contribution is 2.43. The Morgan fingerprint density at radius 1 is 1.04 bits per heavy atom. The van der Waals surface area contributed by atoms with Crippen LogP contribution in [-0.4, -0.2) is 42.9 Å². The Balaban J connectivity index is 1.22. The maximum atomic E-state index is 13.1. The van der Waals surface area contributed by atoms with Gasteiger partial charge in [-0.1, -0.05) is 23.4 Å². The first kappa shape index (κ1) is 19.4. The highest BCUT2D eigenvalue weighted by atomic mass is 32.2. The SMILES string of the molecule is O=NC1CC(CCCN2CCN(c3ccc(F)cc3)CC2)Sc2ccccc21. The molecule has 0 spiro atoms. The Morgan fingerprint density at radius 2 is 1.79 bits per heavy atom. The lowest BCUT2D eigenvalue weighted by Crippen LogP contribution is -2.46. The van der Waals surface area contributed by atoms with Gasteiger partial charge in [-0.25, -0.2) is 4.39 Å². The Hall–Kier alpha value is -1.92. The third-order valence-electron chi connectivity index (χ3n) is 5.75. The molecular formula is C22H26FN3OS. The van der Waals surface area contributed by atoms with Crippen molar-refractivity contribution in [3.8, 4) is 0 Å². The summed E-state index contributed by atoms with van der Waals surface area (Å²) < 4.78 is 13.1. The molecule has 2 unspecified atom stereocenters. The standard InChI is InChI=1S/C22H26FN3OS/c23-17-7-9-18(10-8-17)26-14-12-25(13-15-26)11-3-4-19-16-21(24-27)20-5-1-2-6-22(20)28-19/h1-2,5-10,19,21H,3-4,11-16H2. The average Bonchev–Trinajstić information content (AvgIpc) is 2.74. The van der Waals surface area contributed by atoms with Crippen LogP contribution in [0.1, 0.15) is 30.9 Å². The van der Waals surface area contributed by atoms with Gasteiger partial charge in [0.25, 0.3) is 0 Å². The predicted octanol–water partition coefficient (Wildman–Crippen LogP) is 5.10. The van der Waals surface area contributed by atoms with Crippen molar-refractivity contribution in [3.63, 3.8) is 0 Å². The number of nitrogens with zero attached hydrogens (tertiary/aromatic N) is 3. The highest BCUT2D eigenvalue weighted by Gasteiger charge is 2.28. The molecule has 4 rings (SSSR count). The van der Waals surface area contributed by atoms with Gasteiger partial charge in [-0.2, -0.15) is 4.91 Å². The van der Waals surface area contributed by atoms with Gasteiger partial charge in [0.2, 0.25) is 0 Å². The second-order valence-corrected chi connectivity index (χ2v) is 8.92. The van der Waals surface area contributed by atoms with Crippen LogP contribution in [0.4, 0.5) is 10.1 Å². The molecule has 0 N–H and O–H groups in total. The van der Waals surface area contributed by atoms with Crippen molar-refractivity contribution in [1.29, 1.82) is 0 Å². The summed E-state index contributed by atoms with van der Waals surface area (Å²) >= 11 is 1.91. The highest BCUT2D eigenvalue weighted by molar-refractivity contribution is 8.00. The van der Waals surface area contributed by atoms with Crippen molar-refractivity contribution in [2.24, 2.45) is 5.18 Å². The fraction of sp³-hybridized carbons (Fsp3) is 0.455. The normalized spacial score (nSPS) is 22.7. The van der Waals surface area contributed by atoms with Gasteiger partial charge in [0, 0.05) is 42.0 Å². The van der Waals surface area contributed by atoms with Gasteiger partial charge < -0.3 is 4.90 Å². The lowest BCUT2D eigenvalue weighted by atomic mass is 10.00. The first-order valence-electron chi connectivity index (χ1n) is 10.0. The molecule has 148 valence electrons. The first-order chi connectivity index (χ1) is 13.7. The number of hydrogen-bond acceptors (Lipinski definition) is 5. The van der Waals surface area contributed by atoms with Gasteiger partial charge in [-0.05, 0) is 61.7 Å². The van der Waals surface area contributed by atoms with Crippen LogP contribution in [0.25, 0.3) is 0 Å². The van der Waals surface area contributed by atoms with Crippen LogP contribution in [0.5, 0.6) is 0 Å². The van der Waals surface area contributed by atoms with E-state index in [1.165, 1.54) is 17.0 Å². The molecule has 0 aromatic heterocycles. The van der Waals surface area contributed by atoms with E-state index in [4.69, 9.17) is 0 Å². The molecule has 2 atom stereocenters. The van der Waals surface area contributed by atoms with Crippen molar-refractivity contribution in [2.75, 3.05) is 37.6 Å². The molecule has 1 fully saturated rings. The average molecular weight is 400 g/mol. The van der Waals surface area contributed by atoms with Crippen LogP contribution < -0.4 is 4.90 Å². The van der Waals surface area contributed by atoms with E-state index in [2.05, 4.69) is 21.0 Å². The Bertz CT molecular complexity index is 793. The van der Waals surface area contributed by atoms with Crippen molar-refractivity contribution >= 4 is 17.4 Å². The fourth-order valence-electron chi connectivity index (χ4n) is 4.17. The van der Waals surface area contributed by atoms with Gasteiger partial charge in [-0.15, -0.1) is 11.8 Å². The monoisotopic (exact) mass is 399 g/mol. The molecule has 0 bridgehead atoms. The summed E-state index contributed by atoms with van der Waals surface area (Å²) in [6.45, 7) is 5.13. The molecule has 2 aliphatic rings.